The lowest BCUT2D eigenvalue weighted by Crippen LogP contribution is -2.57. The van der Waals surface area contributed by atoms with Crippen LogP contribution in [0.25, 0.3) is 31.8 Å². The first-order valence-electron chi connectivity index (χ1n) is 26.2. The smallest absolute Gasteiger partial charge is 0.412 e. The van der Waals surface area contributed by atoms with Crippen LogP contribution < -0.4 is 21.3 Å². The van der Waals surface area contributed by atoms with Crippen LogP contribution in [0.15, 0.2) is 60.2 Å². The summed E-state index contributed by atoms with van der Waals surface area (Å²) in [6.45, 7) is 9.82. The molecule has 5 aromatic rings. The molecule has 15 nitrogen and oxygen atoms in total. The lowest BCUT2D eigenvalue weighted by molar-refractivity contribution is -0.144. The third-order valence-electron chi connectivity index (χ3n) is 14.9. The Morgan fingerprint density at radius 1 is 0.808 bits per heavy atom. The fourth-order valence-electron chi connectivity index (χ4n) is 10.5. The molecule has 5 N–H and O–H groups in total. The zero-order valence-electron chi connectivity index (χ0n) is 43.0. The first-order chi connectivity index (χ1) is 35.0. The van der Waals surface area contributed by atoms with Gasteiger partial charge < -0.3 is 30.7 Å². The molecular formula is C56H72N8O7S2. The Bertz CT molecular complexity index is 2730. The van der Waals surface area contributed by atoms with Crippen molar-refractivity contribution >= 4 is 73.4 Å². The van der Waals surface area contributed by atoms with Crippen molar-refractivity contribution < 1.29 is 33.8 Å². The van der Waals surface area contributed by atoms with E-state index in [4.69, 9.17) is 4.74 Å². The van der Waals surface area contributed by atoms with Gasteiger partial charge in [0, 0.05) is 44.1 Å². The zero-order valence-corrected chi connectivity index (χ0v) is 44.7. The Labute approximate surface area is 437 Å². The summed E-state index contributed by atoms with van der Waals surface area (Å²) in [4.78, 5) is 82.7. The number of ether oxygens (including phenoxy) is 1. The Morgan fingerprint density at radius 2 is 1.47 bits per heavy atom. The number of amides is 5. The van der Waals surface area contributed by atoms with Crippen molar-refractivity contribution in [1.82, 2.24) is 30.5 Å². The molecule has 390 valence electrons. The summed E-state index contributed by atoms with van der Waals surface area (Å²) in [6, 6.07) is 14.1. The van der Waals surface area contributed by atoms with E-state index in [0.29, 0.717) is 35.8 Å². The van der Waals surface area contributed by atoms with E-state index in [1.807, 2.05) is 88.7 Å². The summed E-state index contributed by atoms with van der Waals surface area (Å²) >= 11 is 3.01. The molecule has 9 rings (SSSR count). The molecule has 2 aromatic carbocycles. The summed E-state index contributed by atoms with van der Waals surface area (Å²) < 4.78 is 6.97. The maximum atomic E-state index is 14.0. The lowest BCUT2D eigenvalue weighted by Gasteiger charge is -2.45. The lowest BCUT2D eigenvalue weighted by atomic mass is 9.68. The third kappa shape index (κ3) is 14.1. The van der Waals surface area contributed by atoms with Crippen molar-refractivity contribution in [2.24, 2.45) is 11.3 Å². The van der Waals surface area contributed by atoms with Crippen molar-refractivity contribution in [2.75, 3.05) is 17.2 Å². The molecule has 3 atom stereocenters. The molecule has 73 heavy (non-hydrogen) atoms. The van der Waals surface area contributed by atoms with Gasteiger partial charge in [-0.15, -0.1) is 11.3 Å². The van der Waals surface area contributed by atoms with Crippen molar-refractivity contribution in [3.63, 3.8) is 0 Å². The maximum Gasteiger partial charge on any atom is 0.412 e. The highest BCUT2D eigenvalue weighted by Crippen LogP contribution is 2.46. The van der Waals surface area contributed by atoms with Gasteiger partial charge in [-0.3, -0.25) is 29.5 Å². The number of fused-ring (bicyclic) bond motifs is 4. The molecule has 4 heterocycles. The van der Waals surface area contributed by atoms with Crippen molar-refractivity contribution in [2.45, 2.75) is 174 Å². The Balaban J connectivity index is 0.699. The number of hydrogen-bond acceptors (Lipinski definition) is 12. The van der Waals surface area contributed by atoms with Gasteiger partial charge in [0.2, 0.25) is 23.6 Å². The number of aryl methyl sites for hydroxylation is 2. The summed E-state index contributed by atoms with van der Waals surface area (Å²) in [7, 11) is 0. The standard InChI is InChI=1S/C56H72N8O7S2/c1-35-44(61-54(70)71-56-25-22-37(23-26-56)24-27-56)28-41(32-57-35)40-20-21-43-46(29-40)73-53(60-43)63-48(67)15-13-11-9-7-6-8-10-12-14-47(66)62-50(55(3,4)5)52(69)64-33-42(65)30-45(64)51(68)58-31-38-16-18-39(19-17-38)49-36(2)59-34-72-49/h16-21,28-29,32,34,37,42,45,50,65H,6-15,22-27,30-31,33H2,1-5H3,(H,58,68)(H,61,70)(H,62,66)(H,60,63,67)/t37?,42-,45+,50-,56?/m1/s1. The zero-order chi connectivity index (χ0) is 51.7. The normalized spacial score (nSPS) is 19.9. The summed E-state index contributed by atoms with van der Waals surface area (Å²) in [5, 5.41) is 23.0. The highest BCUT2D eigenvalue weighted by molar-refractivity contribution is 7.22. The number of β-amino-alcohol motifs (C(OH)–C–C–N with tert-alkyl or cyclic N) is 1. The largest absolute Gasteiger partial charge is 0.443 e. The van der Waals surface area contributed by atoms with E-state index < -0.39 is 29.7 Å². The number of likely N-dealkylation sites (tertiary alicyclic amines) is 1. The molecule has 3 saturated carbocycles. The van der Waals surface area contributed by atoms with E-state index in [1.165, 1.54) is 16.2 Å². The van der Waals surface area contributed by atoms with Crippen LogP contribution in [0, 0.1) is 25.2 Å². The van der Waals surface area contributed by atoms with Gasteiger partial charge in [0.25, 0.3) is 0 Å². The number of carbonyl (C=O) groups is 5. The average molecular weight is 1030 g/mol. The number of rotatable bonds is 21. The van der Waals surface area contributed by atoms with Crippen molar-refractivity contribution in [3.05, 3.63) is 77.2 Å². The second-order valence-corrected chi connectivity index (χ2v) is 23.4. The van der Waals surface area contributed by atoms with Gasteiger partial charge >= 0.3 is 6.09 Å². The van der Waals surface area contributed by atoms with E-state index in [1.54, 1.807) is 17.5 Å². The second kappa shape index (κ2) is 24.1. The molecule has 0 unspecified atom stereocenters. The van der Waals surface area contributed by atoms with Crippen LogP contribution in [-0.2, 0) is 30.5 Å². The SMILES string of the molecule is Cc1ncc(-c2ccc3nc(NC(=O)CCCCCCCCCCC(=O)N[C@H](C(=O)N4C[C@H](O)C[C@H]4C(=O)NCc4ccc(-c5scnc5C)cc4)C(C)(C)C)sc3c2)cc1NC(=O)OC12CCC(CC1)CC2. The Morgan fingerprint density at radius 3 is 2.12 bits per heavy atom. The number of carbonyl (C=O) groups excluding carboxylic acids is 5. The first-order valence-corrected chi connectivity index (χ1v) is 27.9. The Kier molecular flexibility index (Phi) is 17.6. The number of aromatic nitrogens is 3. The highest BCUT2D eigenvalue weighted by Gasteiger charge is 2.45. The van der Waals surface area contributed by atoms with Crippen LogP contribution in [0.2, 0.25) is 0 Å². The fraction of sp³-hybridized carbons (Fsp3) is 0.536. The number of anilines is 2. The molecule has 4 aliphatic rings. The van der Waals surface area contributed by atoms with Crippen LogP contribution in [0.3, 0.4) is 0 Å². The van der Waals surface area contributed by atoms with Gasteiger partial charge in [-0.2, -0.15) is 0 Å². The number of nitrogens with one attached hydrogen (secondary N) is 4. The molecule has 1 aliphatic heterocycles. The van der Waals surface area contributed by atoms with Gasteiger partial charge in [-0.1, -0.05) is 101 Å². The third-order valence-corrected chi connectivity index (χ3v) is 16.8. The highest BCUT2D eigenvalue weighted by atomic mass is 32.1. The Hall–Kier alpha value is -5.78. The number of aliphatic hydroxyl groups is 1. The molecule has 0 radical (unpaired) electrons. The minimum absolute atomic E-state index is 0.0266. The second-order valence-electron chi connectivity index (χ2n) is 21.6. The summed E-state index contributed by atoms with van der Waals surface area (Å²) in [5.41, 5.74) is 7.73. The van der Waals surface area contributed by atoms with Crippen LogP contribution in [-0.4, -0.2) is 85.0 Å². The minimum Gasteiger partial charge on any atom is -0.443 e. The predicted octanol–water partition coefficient (Wildman–Crippen LogP) is 11.0. The summed E-state index contributed by atoms with van der Waals surface area (Å²) in [5.74, 6) is -0.183. The van der Waals surface area contributed by atoms with E-state index in [9.17, 15) is 29.1 Å². The molecule has 3 aliphatic carbocycles. The van der Waals surface area contributed by atoms with E-state index in [-0.39, 0.29) is 48.7 Å². The van der Waals surface area contributed by atoms with Gasteiger partial charge in [0.05, 0.1) is 43.8 Å². The van der Waals surface area contributed by atoms with Crippen molar-refractivity contribution in [3.8, 4) is 21.6 Å². The molecule has 2 bridgehead atoms. The van der Waals surface area contributed by atoms with Gasteiger partial charge in [0.1, 0.15) is 17.7 Å². The molecule has 1 saturated heterocycles. The van der Waals surface area contributed by atoms with E-state index in [0.717, 1.165) is 132 Å². The molecule has 5 amide bonds. The molecule has 4 fully saturated rings. The van der Waals surface area contributed by atoms with Crippen LogP contribution >= 0.6 is 22.7 Å². The monoisotopic (exact) mass is 1030 g/mol. The number of hydrogen-bond donors (Lipinski definition) is 5. The van der Waals surface area contributed by atoms with Crippen molar-refractivity contribution in [1.29, 1.82) is 0 Å². The van der Waals surface area contributed by atoms with E-state index in [2.05, 4.69) is 36.2 Å². The topological polar surface area (TPSA) is 205 Å². The fourth-order valence-corrected chi connectivity index (χ4v) is 12.2. The quantitative estimate of drug-likeness (QED) is 0.0440. The maximum absolute atomic E-state index is 14.0. The average Bonchev–Trinajstić information content (AvgIpc) is 4.11. The van der Waals surface area contributed by atoms with E-state index >= 15 is 0 Å². The molecule has 17 heteroatoms. The van der Waals surface area contributed by atoms with Gasteiger partial charge in [0.15, 0.2) is 5.13 Å². The van der Waals surface area contributed by atoms with Crippen LogP contribution in [0.5, 0.6) is 0 Å². The molecular weight excluding hydrogens is 961 g/mol. The number of nitrogens with zero attached hydrogens (tertiary/aromatic N) is 4. The number of aliphatic hydroxyl groups excluding tert-OH is 1. The number of benzene rings is 2. The first kappa shape index (κ1) is 53.5. The van der Waals surface area contributed by atoms with Gasteiger partial charge in [-0.25, -0.2) is 14.8 Å². The molecule has 0 spiro atoms. The number of pyridine rings is 1. The van der Waals surface area contributed by atoms with Gasteiger partial charge in [-0.05, 0) is 111 Å². The predicted molar refractivity (Wildman–Crippen MR) is 288 cm³/mol. The number of thiazole rings is 2. The molecule has 3 aromatic heterocycles. The van der Waals surface area contributed by atoms with Crippen LogP contribution in [0.4, 0.5) is 15.6 Å². The minimum atomic E-state index is -0.860. The van der Waals surface area contributed by atoms with Crippen LogP contribution in [0.1, 0.15) is 147 Å². The number of unbranched alkanes of at least 4 members (excludes halogenated alkanes) is 7. The summed E-state index contributed by atoms with van der Waals surface area (Å²) in [6.07, 6.45) is 15.0.